The molecule has 0 aliphatic carbocycles. The van der Waals surface area contributed by atoms with E-state index in [4.69, 9.17) is 0 Å². The molecule has 0 saturated carbocycles. The summed E-state index contributed by atoms with van der Waals surface area (Å²) in [7, 11) is 0. The van der Waals surface area contributed by atoms with Crippen molar-refractivity contribution >= 4 is 44.7 Å². The fourth-order valence-electron chi connectivity index (χ4n) is 3.76. The minimum absolute atomic E-state index is 0.228. The van der Waals surface area contributed by atoms with Gasteiger partial charge >= 0.3 is 0 Å². The van der Waals surface area contributed by atoms with Crippen molar-refractivity contribution in [3.05, 3.63) is 113 Å². The first-order chi connectivity index (χ1) is 16.6. The highest BCUT2D eigenvalue weighted by Crippen LogP contribution is 2.30. The number of nitrogens with zero attached hydrogens (tertiary/aromatic N) is 2. The highest BCUT2D eigenvalue weighted by Gasteiger charge is 2.18. The number of thiophene rings is 1. The zero-order valence-electron chi connectivity index (χ0n) is 18.5. The number of carbonyl (C=O) groups excluding carboxylic acids is 2. The summed E-state index contributed by atoms with van der Waals surface area (Å²) in [6, 6.07) is 28.1. The molecule has 2 N–H and O–H groups in total. The molecule has 7 heteroatoms. The molecule has 168 valence electrons. The molecule has 0 aliphatic rings. The summed E-state index contributed by atoms with van der Waals surface area (Å²) in [6.07, 6.45) is 0. The van der Waals surface area contributed by atoms with Gasteiger partial charge in [-0.2, -0.15) is 5.10 Å². The topological polar surface area (TPSA) is 76.0 Å². The van der Waals surface area contributed by atoms with Crippen LogP contribution in [0.3, 0.4) is 0 Å². The van der Waals surface area contributed by atoms with Crippen LogP contribution in [-0.4, -0.2) is 21.6 Å². The van der Waals surface area contributed by atoms with E-state index in [-0.39, 0.29) is 11.8 Å². The molecule has 0 aliphatic heterocycles. The first kappa shape index (κ1) is 21.6. The molecule has 0 bridgehead atoms. The Morgan fingerprint density at radius 3 is 2.09 bits per heavy atom. The molecule has 3 aromatic carbocycles. The minimum Gasteiger partial charge on any atom is -0.320 e. The zero-order valence-corrected chi connectivity index (χ0v) is 19.3. The largest absolute Gasteiger partial charge is 0.320 e. The van der Waals surface area contributed by atoms with Crippen molar-refractivity contribution in [3.8, 4) is 0 Å². The number of rotatable bonds is 6. The van der Waals surface area contributed by atoms with Crippen molar-refractivity contribution in [1.82, 2.24) is 9.78 Å². The van der Waals surface area contributed by atoms with Crippen LogP contribution in [0, 0.1) is 6.92 Å². The second-order valence-corrected chi connectivity index (χ2v) is 8.91. The number of benzene rings is 3. The second kappa shape index (κ2) is 9.33. The number of amides is 2. The van der Waals surface area contributed by atoms with Gasteiger partial charge < -0.3 is 10.6 Å². The molecule has 2 heterocycles. The Bertz CT molecular complexity index is 1470. The normalized spacial score (nSPS) is 10.9. The number of anilines is 2. The Labute approximate surface area is 200 Å². The fourth-order valence-corrected chi connectivity index (χ4v) is 4.81. The van der Waals surface area contributed by atoms with E-state index in [1.165, 1.54) is 11.3 Å². The van der Waals surface area contributed by atoms with Crippen molar-refractivity contribution in [2.24, 2.45) is 0 Å². The Kier molecular flexibility index (Phi) is 5.93. The summed E-state index contributed by atoms with van der Waals surface area (Å²) in [5, 5.41) is 11.5. The molecule has 2 aromatic heterocycles. The molecule has 34 heavy (non-hydrogen) atoms. The molecule has 0 radical (unpaired) electrons. The first-order valence-electron chi connectivity index (χ1n) is 10.9. The third-order valence-corrected chi connectivity index (χ3v) is 6.61. The quantitative estimate of drug-likeness (QED) is 0.324. The number of para-hydroxylation sites is 2. The first-order valence-corrected chi connectivity index (χ1v) is 11.7. The molecular weight excluding hydrogens is 444 g/mol. The molecule has 0 spiro atoms. The van der Waals surface area contributed by atoms with Crippen LogP contribution in [0.4, 0.5) is 11.4 Å². The summed E-state index contributed by atoms with van der Waals surface area (Å²) in [4.78, 5) is 27.3. The van der Waals surface area contributed by atoms with Gasteiger partial charge in [0, 0.05) is 10.9 Å². The predicted octanol–water partition coefficient (Wildman–Crippen LogP) is 5.96. The summed E-state index contributed by atoms with van der Waals surface area (Å²) in [5.74, 6) is -0.464. The van der Waals surface area contributed by atoms with Crippen LogP contribution >= 0.6 is 11.3 Å². The molecular formula is C27H22N4O2S. The number of carbonyl (C=O) groups is 2. The van der Waals surface area contributed by atoms with Gasteiger partial charge in [-0.05, 0) is 42.8 Å². The van der Waals surface area contributed by atoms with E-state index < -0.39 is 0 Å². The lowest BCUT2D eigenvalue weighted by atomic mass is 10.2. The van der Waals surface area contributed by atoms with E-state index in [0.29, 0.717) is 28.4 Å². The smallest absolute Gasteiger partial charge is 0.265 e. The summed E-state index contributed by atoms with van der Waals surface area (Å²) in [5.41, 5.74) is 3.66. The van der Waals surface area contributed by atoms with Gasteiger partial charge in [0.2, 0.25) is 0 Å². The highest BCUT2D eigenvalue weighted by atomic mass is 32.1. The van der Waals surface area contributed by atoms with Crippen molar-refractivity contribution < 1.29 is 9.59 Å². The van der Waals surface area contributed by atoms with Crippen LogP contribution in [-0.2, 0) is 6.54 Å². The summed E-state index contributed by atoms with van der Waals surface area (Å²) in [6.45, 7) is 2.59. The Morgan fingerprint density at radius 1 is 0.824 bits per heavy atom. The molecule has 6 nitrogen and oxygen atoms in total. The van der Waals surface area contributed by atoms with E-state index in [9.17, 15) is 9.59 Å². The highest BCUT2D eigenvalue weighted by molar-refractivity contribution is 7.20. The van der Waals surface area contributed by atoms with Crippen molar-refractivity contribution in [2.75, 3.05) is 10.6 Å². The maximum Gasteiger partial charge on any atom is 0.265 e. The Hall–Kier alpha value is -4.23. The van der Waals surface area contributed by atoms with E-state index in [2.05, 4.69) is 27.9 Å². The number of fused-ring (bicyclic) bond motifs is 1. The van der Waals surface area contributed by atoms with E-state index >= 15 is 0 Å². The lowest BCUT2D eigenvalue weighted by Crippen LogP contribution is -2.16. The predicted molar refractivity (Wildman–Crippen MR) is 137 cm³/mol. The van der Waals surface area contributed by atoms with Gasteiger partial charge in [0.15, 0.2) is 0 Å². The van der Waals surface area contributed by atoms with Gasteiger partial charge in [-0.1, -0.05) is 60.7 Å². The number of nitrogens with one attached hydrogen (secondary N) is 2. The van der Waals surface area contributed by atoms with E-state index in [1.807, 2.05) is 66.2 Å². The van der Waals surface area contributed by atoms with Gasteiger partial charge in [-0.15, -0.1) is 11.3 Å². The lowest BCUT2D eigenvalue weighted by molar-refractivity contribution is 0.101. The van der Waals surface area contributed by atoms with E-state index in [1.54, 1.807) is 24.3 Å². The van der Waals surface area contributed by atoms with Crippen LogP contribution < -0.4 is 10.6 Å². The maximum absolute atomic E-state index is 13.1. The number of aromatic nitrogens is 2. The number of hydrogen-bond acceptors (Lipinski definition) is 4. The summed E-state index contributed by atoms with van der Waals surface area (Å²) >= 11 is 1.41. The number of hydrogen-bond donors (Lipinski definition) is 2. The van der Waals surface area contributed by atoms with Gasteiger partial charge in [0.1, 0.15) is 4.83 Å². The Balaban J connectivity index is 1.37. The van der Waals surface area contributed by atoms with Gasteiger partial charge in [0.05, 0.1) is 28.5 Å². The van der Waals surface area contributed by atoms with Gasteiger partial charge in [-0.25, -0.2) is 0 Å². The molecule has 0 atom stereocenters. The van der Waals surface area contributed by atoms with Crippen LogP contribution in [0.25, 0.3) is 10.2 Å². The van der Waals surface area contributed by atoms with Crippen molar-refractivity contribution in [3.63, 3.8) is 0 Å². The minimum atomic E-state index is -0.235. The standard InChI is InChI=1S/C27H22N4O2S/c1-18-21-16-24(34-27(21)31(30-18)17-19-10-4-2-5-11-19)26(33)29-23-15-9-8-14-22(23)28-25(32)20-12-6-3-7-13-20/h2-16H,17H2,1H3,(H,28,32)(H,29,33). The lowest BCUT2D eigenvalue weighted by Gasteiger charge is -2.12. The fraction of sp³-hybridized carbons (Fsp3) is 0.0741. The average Bonchev–Trinajstić information content (AvgIpc) is 3.43. The van der Waals surface area contributed by atoms with Crippen LogP contribution in [0.1, 0.15) is 31.3 Å². The molecule has 5 aromatic rings. The molecule has 2 amide bonds. The van der Waals surface area contributed by atoms with Gasteiger partial charge in [0.25, 0.3) is 11.8 Å². The molecule has 5 rings (SSSR count). The van der Waals surface area contributed by atoms with Crippen molar-refractivity contribution in [2.45, 2.75) is 13.5 Å². The van der Waals surface area contributed by atoms with Crippen molar-refractivity contribution in [1.29, 1.82) is 0 Å². The zero-order chi connectivity index (χ0) is 23.5. The molecule has 0 saturated heterocycles. The van der Waals surface area contributed by atoms with E-state index in [0.717, 1.165) is 21.5 Å². The van der Waals surface area contributed by atoms with Crippen LogP contribution in [0.5, 0.6) is 0 Å². The molecule has 0 unspecified atom stereocenters. The second-order valence-electron chi connectivity index (χ2n) is 7.88. The third-order valence-electron chi connectivity index (χ3n) is 5.47. The van der Waals surface area contributed by atoms with Crippen LogP contribution in [0.2, 0.25) is 0 Å². The Morgan fingerprint density at radius 2 is 1.41 bits per heavy atom. The van der Waals surface area contributed by atoms with Gasteiger partial charge in [-0.3, -0.25) is 14.3 Å². The number of aryl methyl sites for hydroxylation is 1. The molecule has 0 fully saturated rings. The maximum atomic E-state index is 13.1. The monoisotopic (exact) mass is 466 g/mol. The summed E-state index contributed by atoms with van der Waals surface area (Å²) < 4.78 is 1.94. The third kappa shape index (κ3) is 4.46. The average molecular weight is 467 g/mol. The van der Waals surface area contributed by atoms with Crippen LogP contribution in [0.15, 0.2) is 91.0 Å². The SMILES string of the molecule is Cc1nn(Cc2ccccc2)c2sc(C(=O)Nc3ccccc3NC(=O)c3ccccc3)cc12.